The number of carbonyl (C=O) groups excluding carboxylic acids is 1. The number of rotatable bonds is 3. The summed E-state index contributed by atoms with van der Waals surface area (Å²) in [6, 6.07) is 2.13. The van der Waals surface area contributed by atoms with Crippen LogP contribution in [0, 0.1) is 12.8 Å². The van der Waals surface area contributed by atoms with Crippen molar-refractivity contribution >= 4 is 23.3 Å². The number of hydrogen-bond acceptors (Lipinski definition) is 4. The average Bonchev–Trinajstić information content (AvgIpc) is 2.93. The Morgan fingerprint density at radius 1 is 1.52 bits per heavy atom. The second-order valence-corrected chi connectivity index (χ2v) is 6.21. The lowest BCUT2D eigenvalue weighted by Crippen LogP contribution is -2.46. The van der Waals surface area contributed by atoms with E-state index in [4.69, 9.17) is 4.74 Å². The molecule has 0 amide bonds. The highest BCUT2D eigenvalue weighted by molar-refractivity contribution is 7.10. The zero-order valence-electron chi connectivity index (χ0n) is 12.9. The van der Waals surface area contributed by atoms with Crippen molar-refractivity contribution in [3.8, 4) is 0 Å². The van der Waals surface area contributed by atoms with Gasteiger partial charge in [-0.05, 0) is 36.8 Å². The first kappa shape index (κ1) is 15.8. The van der Waals surface area contributed by atoms with Crippen LogP contribution in [-0.4, -0.2) is 44.1 Å². The molecule has 2 heterocycles. The van der Waals surface area contributed by atoms with E-state index < -0.39 is 0 Å². The Balaban J connectivity index is 1.86. The Labute approximate surface area is 130 Å². The fourth-order valence-corrected chi connectivity index (χ4v) is 3.42. The molecule has 1 aliphatic rings. The SMILES string of the molecule is CN=C(NCc1sccc1C)N1CCC(C(=O)OC)CC1. The highest BCUT2D eigenvalue weighted by Crippen LogP contribution is 2.19. The molecule has 1 saturated heterocycles. The fraction of sp³-hybridized carbons (Fsp3) is 0.600. The van der Waals surface area contributed by atoms with E-state index in [0.717, 1.165) is 38.4 Å². The molecule has 0 atom stereocenters. The van der Waals surface area contributed by atoms with E-state index in [1.165, 1.54) is 17.6 Å². The van der Waals surface area contributed by atoms with Crippen molar-refractivity contribution in [2.75, 3.05) is 27.2 Å². The molecule has 2 rings (SSSR count). The standard InChI is InChI=1S/C15H23N3O2S/c1-11-6-9-21-13(11)10-17-15(16-2)18-7-4-12(5-8-18)14(19)20-3/h6,9,12H,4-5,7-8,10H2,1-3H3,(H,16,17). The summed E-state index contributed by atoms with van der Waals surface area (Å²) < 4.78 is 4.82. The van der Waals surface area contributed by atoms with Crippen molar-refractivity contribution in [1.29, 1.82) is 0 Å². The van der Waals surface area contributed by atoms with E-state index in [1.807, 2.05) is 0 Å². The van der Waals surface area contributed by atoms with Crippen LogP contribution in [0.1, 0.15) is 23.3 Å². The van der Waals surface area contributed by atoms with Crippen LogP contribution < -0.4 is 5.32 Å². The van der Waals surface area contributed by atoms with Gasteiger partial charge in [-0.1, -0.05) is 0 Å². The smallest absolute Gasteiger partial charge is 0.308 e. The van der Waals surface area contributed by atoms with Gasteiger partial charge < -0.3 is 15.0 Å². The summed E-state index contributed by atoms with van der Waals surface area (Å²) in [4.78, 5) is 19.4. The number of aliphatic imine (C=N–C) groups is 1. The largest absolute Gasteiger partial charge is 0.469 e. The minimum atomic E-state index is -0.0909. The maximum Gasteiger partial charge on any atom is 0.308 e. The molecule has 0 aromatic carbocycles. The minimum absolute atomic E-state index is 0.0314. The number of esters is 1. The predicted molar refractivity (Wildman–Crippen MR) is 85.6 cm³/mol. The molecule has 0 saturated carbocycles. The van der Waals surface area contributed by atoms with Gasteiger partial charge in [-0.2, -0.15) is 0 Å². The van der Waals surface area contributed by atoms with Gasteiger partial charge in [-0.15, -0.1) is 11.3 Å². The normalized spacial score (nSPS) is 16.9. The summed E-state index contributed by atoms with van der Waals surface area (Å²) >= 11 is 1.76. The monoisotopic (exact) mass is 309 g/mol. The van der Waals surface area contributed by atoms with Crippen molar-refractivity contribution in [3.63, 3.8) is 0 Å². The van der Waals surface area contributed by atoms with Gasteiger partial charge in [0.05, 0.1) is 19.6 Å². The molecular weight excluding hydrogens is 286 g/mol. The van der Waals surface area contributed by atoms with Crippen molar-refractivity contribution in [2.45, 2.75) is 26.3 Å². The third-order valence-corrected chi connectivity index (χ3v) is 4.94. The van der Waals surface area contributed by atoms with Crippen LogP contribution in [0.5, 0.6) is 0 Å². The lowest BCUT2D eigenvalue weighted by molar-refractivity contribution is -0.146. The molecule has 0 unspecified atom stereocenters. The van der Waals surface area contributed by atoms with Gasteiger partial charge in [0, 0.05) is 25.0 Å². The number of guanidine groups is 1. The zero-order valence-corrected chi connectivity index (χ0v) is 13.7. The summed E-state index contributed by atoms with van der Waals surface area (Å²) in [5.74, 6) is 0.849. The summed E-state index contributed by atoms with van der Waals surface area (Å²) in [5.41, 5.74) is 1.31. The van der Waals surface area contributed by atoms with Crippen molar-refractivity contribution in [2.24, 2.45) is 10.9 Å². The van der Waals surface area contributed by atoms with E-state index >= 15 is 0 Å². The number of carbonyl (C=O) groups is 1. The van der Waals surface area contributed by atoms with Gasteiger partial charge >= 0.3 is 5.97 Å². The van der Waals surface area contributed by atoms with Crippen LogP contribution in [0.15, 0.2) is 16.4 Å². The Hall–Kier alpha value is -1.56. The van der Waals surface area contributed by atoms with Crippen molar-refractivity contribution < 1.29 is 9.53 Å². The quantitative estimate of drug-likeness (QED) is 0.527. The third-order valence-electron chi connectivity index (χ3n) is 3.92. The van der Waals surface area contributed by atoms with E-state index in [2.05, 4.69) is 33.6 Å². The molecule has 1 aromatic heterocycles. The number of hydrogen-bond donors (Lipinski definition) is 1. The van der Waals surface area contributed by atoms with E-state index in [9.17, 15) is 4.79 Å². The Morgan fingerprint density at radius 3 is 2.76 bits per heavy atom. The maximum atomic E-state index is 11.5. The van der Waals surface area contributed by atoms with Gasteiger partial charge in [0.15, 0.2) is 5.96 Å². The highest BCUT2D eigenvalue weighted by atomic mass is 32.1. The van der Waals surface area contributed by atoms with Crippen LogP contribution in [0.3, 0.4) is 0 Å². The average molecular weight is 309 g/mol. The first-order chi connectivity index (χ1) is 10.2. The molecule has 1 aromatic rings. The number of aryl methyl sites for hydroxylation is 1. The topological polar surface area (TPSA) is 53.9 Å². The zero-order chi connectivity index (χ0) is 15.2. The highest BCUT2D eigenvalue weighted by Gasteiger charge is 2.26. The number of piperidine rings is 1. The lowest BCUT2D eigenvalue weighted by atomic mass is 9.97. The second-order valence-electron chi connectivity index (χ2n) is 5.21. The summed E-state index contributed by atoms with van der Waals surface area (Å²) in [7, 11) is 3.26. The summed E-state index contributed by atoms with van der Waals surface area (Å²) in [6.07, 6.45) is 1.65. The number of methoxy groups -OCH3 is 1. The van der Waals surface area contributed by atoms with Crippen LogP contribution in [0.25, 0.3) is 0 Å². The van der Waals surface area contributed by atoms with Crippen LogP contribution in [0.2, 0.25) is 0 Å². The van der Waals surface area contributed by atoms with Gasteiger partial charge in [0.25, 0.3) is 0 Å². The molecule has 6 heteroatoms. The summed E-state index contributed by atoms with van der Waals surface area (Å²) in [6.45, 7) is 4.59. The van der Waals surface area contributed by atoms with E-state index in [0.29, 0.717) is 0 Å². The van der Waals surface area contributed by atoms with E-state index in [-0.39, 0.29) is 11.9 Å². The van der Waals surface area contributed by atoms with Gasteiger partial charge in [-0.3, -0.25) is 9.79 Å². The lowest BCUT2D eigenvalue weighted by Gasteiger charge is -2.33. The van der Waals surface area contributed by atoms with Crippen LogP contribution >= 0.6 is 11.3 Å². The molecule has 0 bridgehead atoms. The molecule has 1 fully saturated rings. The Morgan fingerprint density at radius 2 is 2.24 bits per heavy atom. The van der Waals surface area contributed by atoms with Crippen molar-refractivity contribution in [1.82, 2.24) is 10.2 Å². The molecule has 0 radical (unpaired) electrons. The van der Waals surface area contributed by atoms with Crippen LogP contribution in [-0.2, 0) is 16.1 Å². The first-order valence-electron chi connectivity index (χ1n) is 7.22. The number of nitrogens with zero attached hydrogens (tertiary/aromatic N) is 2. The molecule has 0 aliphatic carbocycles. The minimum Gasteiger partial charge on any atom is -0.469 e. The predicted octanol–water partition coefficient (Wildman–Crippen LogP) is 2.02. The number of likely N-dealkylation sites (tertiary alicyclic amines) is 1. The van der Waals surface area contributed by atoms with Crippen LogP contribution in [0.4, 0.5) is 0 Å². The molecule has 21 heavy (non-hydrogen) atoms. The summed E-state index contributed by atoms with van der Waals surface area (Å²) in [5, 5.41) is 5.52. The number of ether oxygens (including phenoxy) is 1. The Bertz CT molecular complexity index is 505. The molecule has 1 aliphatic heterocycles. The van der Waals surface area contributed by atoms with Crippen molar-refractivity contribution in [3.05, 3.63) is 21.9 Å². The maximum absolute atomic E-state index is 11.5. The fourth-order valence-electron chi connectivity index (χ4n) is 2.57. The van der Waals surface area contributed by atoms with Gasteiger partial charge in [0.1, 0.15) is 0 Å². The van der Waals surface area contributed by atoms with E-state index in [1.54, 1.807) is 18.4 Å². The Kier molecular flexibility index (Phi) is 5.61. The molecule has 1 N–H and O–H groups in total. The third kappa shape index (κ3) is 3.97. The van der Waals surface area contributed by atoms with Gasteiger partial charge in [-0.25, -0.2) is 0 Å². The number of nitrogens with one attached hydrogen (secondary N) is 1. The number of thiophene rings is 1. The second kappa shape index (κ2) is 7.45. The molecule has 0 spiro atoms. The van der Waals surface area contributed by atoms with Gasteiger partial charge in [0.2, 0.25) is 0 Å². The molecular formula is C15H23N3O2S. The molecule has 5 nitrogen and oxygen atoms in total. The molecule has 116 valence electrons. The first-order valence-corrected chi connectivity index (χ1v) is 8.10.